The standard InChI is InChI=1S/C19H19FN2O5/c1-10-7-12(3-5-13(10)20)4-6-14(23)16-17(25)19(26)22-11(2)8-27-9-15(24)18(22)21-16/h3,5,7,15,24-25H,2,4,6,8-9H2,1H3. The van der Waals surface area contributed by atoms with Crippen LogP contribution in [0.3, 0.4) is 0 Å². The fourth-order valence-corrected chi connectivity index (χ4v) is 2.92. The number of aliphatic hydroxyl groups is 1. The molecule has 0 fully saturated rings. The molecule has 2 heterocycles. The molecule has 0 amide bonds. The van der Waals surface area contributed by atoms with Gasteiger partial charge in [-0.3, -0.25) is 14.2 Å². The Labute approximate surface area is 154 Å². The molecule has 7 nitrogen and oxygen atoms in total. The average Bonchev–Trinajstić information content (AvgIpc) is 2.77. The fourth-order valence-electron chi connectivity index (χ4n) is 2.92. The molecule has 1 aromatic carbocycles. The Kier molecular flexibility index (Phi) is 5.20. The maximum absolute atomic E-state index is 13.3. The number of ketones is 1. The van der Waals surface area contributed by atoms with Crippen LogP contribution in [0.1, 0.15) is 40.0 Å². The number of nitrogens with zero attached hydrogens (tertiary/aromatic N) is 2. The van der Waals surface area contributed by atoms with Crippen molar-refractivity contribution >= 4 is 11.5 Å². The van der Waals surface area contributed by atoms with E-state index >= 15 is 0 Å². The van der Waals surface area contributed by atoms with E-state index < -0.39 is 28.9 Å². The number of halogens is 1. The van der Waals surface area contributed by atoms with Crippen LogP contribution in [0.25, 0.3) is 5.70 Å². The molecule has 3 rings (SSSR count). The molecule has 1 unspecified atom stereocenters. The van der Waals surface area contributed by atoms with Gasteiger partial charge >= 0.3 is 5.56 Å². The lowest BCUT2D eigenvalue weighted by Gasteiger charge is -2.14. The lowest BCUT2D eigenvalue weighted by atomic mass is 10.0. The summed E-state index contributed by atoms with van der Waals surface area (Å²) >= 11 is 0. The summed E-state index contributed by atoms with van der Waals surface area (Å²) in [5.41, 5.74) is 0.130. The van der Waals surface area contributed by atoms with Crippen molar-refractivity contribution in [1.29, 1.82) is 0 Å². The largest absolute Gasteiger partial charge is 0.501 e. The van der Waals surface area contributed by atoms with Crippen LogP contribution < -0.4 is 5.56 Å². The zero-order chi connectivity index (χ0) is 19.7. The van der Waals surface area contributed by atoms with E-state index in [0.29, 0.717) is 5.56 Å². The van der Waals surface area contributed by atoms with E-state index in [9.17, 15) is 24.2 Å². The Bertz CT molecular complexity index is 983. The second-order valence-electron chi connectivity index (χ2n) is 6.41. The van der Waals surface area contributed by atoms with Crippen molar-refractivity contribution in [3.8, 4) is 5.75 Å². The van der Waals surface area contributed by atoms with E-state index in [2.05, 4.69) is 11.6 Å². The molecular formula is C19H19FN2O5. The molecule has 0 radical (unpaired) electrons. The van der Waals surface area contributed by atoms with Gasteiger partial charge in [-0.1, -0.05) is 18.7 Å². The maximum atomic E-state index is 13.3. The first-order valence-electron chi connectivity index (χ1n) is 8.37. The first kappa shape index (κ1) is 18.9. The lowest BCUT2D eigenvalue weighted by molar-refractivity contribution is 0.0518. The normalized spacial score (nSPS) is 16.7. The molecule has 142 valence electrons. The van der Waals surface area contributed by atoms with E-state index in [1.54, 1.807) is 19.1 Å². The minimum absolute atomic E-state index is 0.0116. The molecule has 0 spiro atoms. The van der Waals surface area contributed by atoms with Crippen LogP contribution >= 0.6 is 0 Å². The number of aromatic nitrogens is 2. The van der Waals surface area contributed by atoms with Gasteiger partial charge in [-0.15, -0.1) is 0 Å². The molecule has 1 aromatic heterocycles. The minimum atomic E-state index is -1.23. The van der Waals surface area contributed by atoms with Gasteiger partial charge in [0.1, 0.15) is 17.7 Å². The molecule has 1 aliphatic heterocycles. The number of carbonyl (C=O) groups is 1. The van der Waals surface area contributed by atoms with Crippen LogP contribution in [0, 0.1) is 12.7 Å². The molecule has 0 saturated carbocycles. The van der Waals surface area contributed by atoms with Gasteiger partial charge < -0.3 is 14.9 Å². The van der Waals surface area contributed by atoms with E-state index in [4.69, 9.17) is 4.74 Å². The zero-order valence-electron chi connectivity index (χ0n) is 14.7. The van der Waals surface area contributed by atoms with E-state index in [-0.39, 0.29) is 43.4 Å². The van der Waals surface area contributed by atoms with E-state index in [1.807, 2.05) is 0 Å². The van der Waals surface area contributed by atoms with Crippen LogP contribution in [-0.4, -0.2) is 38.8 Å². The summed E-state index contributed by atoms with van der Waals surface area (Å²) < 4.78 is 19.5. The van der Waals surface area contributed by atoms with Crippen LogP contribution in [0.4, 0.5) is 4.39 Å². The van der Waals surface area contributed by atoms with Gasteiger partial charge in [0.2, 0.25) is 5.75 Å². The number of fused-ring (bicyclic) bond motifs is 1. The summed E-state index contributed by atoms with van der Waals surface area (Å²) in [6.45, 7) is 5.18. The molecule has 0 aliphatic carbocycles. The van der Waals surface area contributed by atoms with E-state index in [1.165, 1.54) is 6.07 Å². The predicted octanol–water partition coefficient (Wildman–Crippen LogP) is 1.75. The van der Waals surface area contributed by atoms with Gasteiger partial charge in [-0.05, 0) is 30.5 Å². The molecule has 8 heteroatoms. The van der Waals surface area contributed by atoms with Crippen molar-refractivity contribution in [2.24, 2.45) is 0 Å². The number of aromatic hydroxyl groups is 1. The molecule has 0 bridgehead atoms. The van der Waals surface area contributed by atoms with Crippen molar-refractivity contribution < 1.29 is 24.1 Å². The summed E-state index contributed by atoms with van der Waals surface area (Å²) in [5.74, 6) is -1.78. The van der Waals surface area contributed by atoms with Crippen molar-refractivity contribution in [2.45, 2.75) is 25.9 Å². The van der Waals surface area contributed by atoms with Crippen LogP contribution in [0.2, 0.25) is 0 Å². The van der Waals surface area contributed by atoms with Gasteiger partial charge in [0.25, 0.3) is 0 Å². The van der Waals surface area contributed by atoms with E-state index in [0.717, 1.165) is 10.1 Å². The van der Waals surface area contributed by atoms with Gasteiger partial charge in [0.15, 0.2) is 11.5 Å². The Morgan fingerprint density at radius 3 is 2.93 bits per heavy atom. The third-order valence-corrected chi connectivity index (χ3v) is 4.37. The number of hydrogen-bond donors (Lipinski definition) is 2. The maximum Gasteiger partial charge on any atom is 0.300 e. The summed E-state index contributed by atoms with van der Waals surface area (Å²) in [5, 5.41) is 20.3. The van der Waals surface area contributed by atoms with Crippen LogP contribution in [0.15, 0.2) is 29.6 Å². The second kappa shape index (κ2) is 7.42. The van der Waals surface area contributed by atoms with Crippen molar-refractivity contribution in [3.63, 3.8) is 0 Å². The number of carbonyl (C=O) groups excluding carboxylic acids is 1. The molecule has 2 N–H and O–H groups in total. The summed E-state index contributed by atoms with van der Waals surface area (Å²) in [6, 6.07) is 4.52. The molecule has 2 aromatic rings. The average molecular weight is 374 g/mol. The first-order valence-corrected chi connectivity index (χ1v) is 8.37. The number of hydrogen-bond acceptors (Lipinski definition) is 6. The molecule has 27 heavy (non-hydrogen) atoms. The number of aryl methyl sites for hydroxylation is 2. The monoisotopic (exact) mass is 374 g/mol. The summed E-state index contributed by atoms with van der Waals surface area (Å²) in [6.07, 6.45) is -0.983. The first-order chi connectivity index (χ1) is 12.8. The third kappa shape index (κ3) is 3.67. The topological polar surface area (TPSA) is 102 Å². The van der Waals surface area contributed by atoms with Gasteiger partial charge in [0, 0.05) is 12.1 Å². The number of aliphatic hydroxyl groups excluding tert-OH is 1. The molecule has 1 aliphatic rings. The Morgan fingerprint density at radius 1 is 1.48 bits per heavy atom. The van der Waals surface area contributed by atoms with Gasteiger partial charge in [-0.25, -0.2) is 9.37 Å². The molecule has 1 atom stereocenters. The smallest absolute Gasteiger partial charge is 0.300 e. The van der Waals surface area contributed by atoms with Gasteiger partial charge in [-0.2, -0.15) is 0 Å². The fraction of sp³-hybridized carbons (Fsp3) is 0.316. The van der Waals surface area contributed by atoms with Crippen molar-refractivity contribution in [3.05, 3.63) is 63.6 Å². The Balaban J connectivity index is 1.91. The zero-order valence-corrected chi connectivity index (χ0v) is 14.7. The Morgan fingerprint density at radius 2 is 2.22 bits per heavy atom. The number of rotatable bonds is 4. The third-order valence-electron chi connectivity index (χ3n) is 4.37. The number of Topliss-reactive ketones (excluding diaryl/α,β-unsaturated/α-hetero) is 1. The summed E-state index contributed by atoms with van der Waals surface area (Å²) in [4.78, 5) is 29.0. The minimum Gasteiger partial charge on any atom is -0.501 e. The number of benzene rings is 1. The van der Waals surface area contributed by atoms with Crippen LogP contribution in [-0.2, 0) is 11.2 Å². The highest BCUT2D eigenvalue weighted by molar-refractivity contribution is 5.96. The second-order valence-corrected chi connectivity index (χ2v) is 6.41. The highest BCUT2D eigenvalue weighted by atomic mass is 19.1. The predicted molar refractivity (Wildman–Crippen MR) is 95.1 cm³/mol. The molecule has 0 saturated heterocycles. The number of ether oxygens (including phenoxy) is 1. The quantitative estimate of drug-likeness (QED) is 0.791. The highest BCUT2D eigenvalue weighted by Crippen LogP contribution is 2.22. The van der Waals surface area contributed by atoms with Crippen LogP contribution in [0.5, 0.6) is 5.75 Å². The lowest BCUT2D eigenvalue weighted by Crippen LogP contribution is -2.28. The van der Waals surface area contributed by atoms with Gasteiger partial charge in [0.05, 0.1) is 13.2 Å². The van der Waals surface area contributed by atoms with Crippen molar-refractivity contribution in [1.82, 2.24) is 9.55 Å². The SMILES string of the molecule is C=C1COCC(O)c2nc(C(=O)CCc3ccc(F)c(C)c3)c(O)c(=O)n21. The Hall–Kier alpha value is -2.84. The van der Waals surface area contributed by atoms with Crippen molar-refractivity contribution in [2.75, 3.05) is 13.2 Å². The summed E-state index contributed by atoms with van der Waals surface area (Å²) in [7, 11) is 0. The molecular weight excluding hydrogens is 355 g/mol. The highest BCUT2D eigenvalue weighted by Gasteiger charge is 2.27.